The van der Waals surface area contributed by atoms with Crippen LogP contribution in [0.25, 0.3) is 10.9 Å². The number of hydrogen-bond acceptors (Lipinski definition) is 4. The van der Waals surface area contributed by atoms with Crippen molar-refractivity contribution in [3.05, 3.63) is 64.9 Å². The predicted molar refractivity (Wildman–Crippen MR) is 123 cm³/mol. The molecule has 0 aliphatic carbocycles. The Morgan fingerprint density at radius 3 is 2.26 bits per heavy atom. The van der Waals surface area contributed by atoms with Gasteiger partial charge in [-0.3, -0.25) is 9.53 Å². The molecule has 1 aromatic heterocycles. The number of carbonyl (C=O) groups is 1. The van der Waals surface area contributed by atoms with Crippen LogP contribution in [0.5, 0.6) is 5.75 Å². The number of hydrogen-bond donors (Lipinski definition) is 1. The zero-order valence-corrected chi connectivity index (χ0v) is 20.2. The average molecular weight is 565 g/mol. The number of halogens is 8. The fraction of sp³-hybridized carbons (Fsp3) is 0.400. The number of nitrogens with zero attached hydrogens (tertiary/aromatic N) is 2. The van der Waals surface area contributed by atoms with Gasteiger partial charge < -0.3 is 19.9 Å². The molecule has 14 heteroatoms. The van der Waals surface area contributed by atoms with Gasteiger partial charge in [0, 0.05) is 32.4 Å². The van der Waals surface area contributed by atoms with Crippen molar-refractivity contribution >= 4 is 16.8 Å². The third-order valence-electron chi connectivity index (χ3n) is 6.50. The maximum absolute atomic E-state index is 14.8. The van der Waals surface area contributed by atoms with Gasteiger partial charge in [-0.25, -0.2) is 8.78 Å². The third kappa shape index (κ3) is 6.61. The molecule has 0 bridgehead atoms. The van der Waals surface area contributed by atoms with Crippen molar-refractivity contribution in [2.24, 2.45) is 5.73 Å². The van der Waals surface area contributed by atoms with Crippen molar-refractivity contribution in [1.82, 2.24) is 9.47 Å². The second-order valence-electron chi connectivity index (χ2n) is 8.97. The Morgan fingerprint density at radius 1 is 0.974 bits per heavy atom. The minimum atomic E-state index is -5.19. The number of fused-ring (bicyclic) bond motifs is 1. The summed E-state index contributed by atoms with van der Waals surface area (Å²) in [5, 5.41) is -0.534. The molecule has 1 aliphatic heterocycles. The van der Waals surface area contributed by atoms with Crippen LogP contribution in [-0.4, -0.2) is 47.8 Å². The first-order valence-electron chi connectivity index (χ1n) is 11.8. The number of aromatic nitrogens is 1. The summed E-state index contributed by atoms with van der Waals surface area (Å²) in [6.45, 7) is -1.19. The fourth-order valence-electron chi connectivity index (χ4n) is 4.78. The van der Waals surface area contributed by atoms with Crippen molar-refractivity contribution in [3.8, 4) is 5.75 Å². The molecule has 2 N–H and O–H groups in total. The summed E-state index contributed by atoms with van der Waals surface area (Å²) in [6.07, 6.45) is -8.54. The number of likely N-dealkylation sites (tertiary alicyclic amines) is 1. The van der Waals surface area contributed by atoms with Crippen LogP contribution in [0.1, 0.15) is 40.2 Å². The molecule has 6 nitrogen and oxygen atoms in total. The Hall–Kier alpha value is -3.39. The van der Waals surface area contributed by atoms with Crippen molar-refractivity contribution in [2.75, 3.05) is 19.7 Å². The maximum Gasteiger partial charge on any atom is 0.573 e. The third-order valence-corrected chi connectivity index (χ3v) is 6.50. The Labute approximate surface area is 216 Å². The van der Waals surface area contributed by atoms with Crippen LogP contribution in [-0.2, 0) is 17.8 Å². The lowest BCUT2D eigenvalue weighted by atomic mass is 9.88. The summed E-state index contributed by atoms with van der Waals surface area (Å²) in [7, 11) is 0. The van der Waals surface area contributed by atoms with E-state index in [-0.39, 0.29) is 31.1 Å². The number of nitrogens with two attached hydrogens (primary N) is 1. The van der Waals surface area contributed by atoms with E-state index in [4.69, 9.17) is 5.73 Å². The minimum absolute atomic E-state index is 0.102. The lowest BCUT2D eigenvalue weighted by Gasteiger charge is -2.32. The van der Waals surface area contributed by atoms with Gasteiger partial charge >= 0.3 is 12.7 Å². The van der Waals surface area contributed by atoms with Gasteiger partial charge in [-0.15, -0.1) is 26.3 Å². The van der Waals surface area contributed by atoms with Gasteiger partial charge in [-0.05, 0) is 48.1 Å². The van der Waals surface area contributed by atoms with Gasteiger partial charge in [0.2, 0.25) is 0 Å². The summed E-state index contributed by atoms with van der Waals surface area (Å²) in [6, 6.07) is 5.87. The maximum atomic E-state index is 14.8. The molecule has 0 spiro atoms. The van der Waals surface area contributed by atoms with Gasteiger partial charge in [0.1, 0.15) is 17.4 Å². The molecule has 1 fully saturated rings. The van der Waals surface area contributed by atoms with Gasteiger partial charge in [0.05, 0.1) is 23.1 Å². The molecule has 4 rings (SSSR count). The molecule has 3 aromatic rings. The van der Waals surface area contributed by atoms with Gasteiger partial charge in [0.15, 0.2) is 0 Å². The zero-order chi connectivity index (χ0) is 28.5. The topological polar surface area (TPSA) is 69.7 Å². The molecule has 1 amide bonds. The van der Waals surface area contributed by atoms with E-state index < -0.39 is 60.1 Å². The number of benzene rings is 2. The number of carbonyl (C=O) groups excluding carboxylic acids is 1. The highest BCUT2D eigenvalue weighted by atomic mass is 19.4. The number of rotatable bonds is 7. The molecule has 0 saturated carbocycles. The zero-order valence-electron chi connectivity index (χ0n) is 20.2. The van der Waals surface area contributed by atoms with E-state index in [0.717, 1.165) is 16.3 Å². The molecule has 2 heterocycles. The lowest BCUT2D eigenvalue weighted by Crippen LogP contribution is -2.38. The molecular weight excluding hydrogens is 542 g/mol. The van der Waals surface area contributed by atoms with Crippen molar-refractivity contribution < 1.29 is 49.4 Å². The molecule has 1 aliphatic rings. The van der Waals surface area contributed by atoms with E-state index in [0.29, 0.717) is 30.5 Å². The average Bonchev–Trinajstić information content (AvgIpc) is 3.25. The normalized spacial score (nSPS) is 15.3. The summed E-state index contributed by atoms with van der Waals surface area (Å²) >= 11 is 0. The van der Waals surface area contributed by atoms with E-state index >= 15 is 0 Å². The minimum Gasteiger partial charge on any atom is -0.405 e. The van der Waals surface area contributed by atoms with E-state index in [9.17, 15) is 39.9 Å². The predicted octanol–water partition coefficient (Wildman–Crippen LogP) is 5.83. The van der Waals surface area contributed by atoms with Crippen LogP contribution in [0.15, 0.2) is 36.5 Å². The molecule has 0 unspecified atom stereocenters. The standard InChI is InChI=1S/C25H23F8N3O3/c26-18-2-1-14(12-34)11-16(18)15-5-7-35(8-6-15)23(37)17-13-36(9-10-38-24(28,29)30)22-19(27)3-4-20(21(17)22)39-25(31,32)33/h1-4,11,13,15H,5-10,12,34H2. The molecule has 0 radical (unpaired) electrons. The highest BCUT2D eigenvalue weighted by molar-refractivity contribution is 6.09. The number of piperidine rings is 1. The molecule has 2 aromatic carbocycles. The van der Waals surface area contributed by atoms with Crippen LogP contribution in [0.4, 0.5) is 35.1 Å². The Kier molecular flexibility index (Phi) is 8.07. The van der Waals surface area contributed by atoms with Crippen LogP contribution in [0, 0.1) is 11.6 Å². The van der Waals surface area contributed by atoms with Crippen LogP contribution in [0.2, 0.25) is 0 Å². The quantitative estimate of drug-likeness (QED) is 0.366. The van der Waals surface area contributed by atoms with Crippen LogP contribution >= 0.6 is 0 Å². The lowest BCUT2D eigenvalue weighted by molar-refractivity contribution is -0.325. The van der Waals surface area contributed by atoms with Gasteiger partial charge in [-0.2, -0.15) is 0 Å². The first kappa shape index (κ1) is 28.6. The first-order valence-corrected chi connectivity index (χ1v) is 11.8. The van der Waals surface area contributed by atoms with Gasteiger partial charge in [-0.1, -0.05) is 12.1 Å². The van der Waals surface area contributed by atoms with Crippen molar-refractivity contribution in [2.45, 2.75) is 44.6 Å². The summed E-state index contributed by atoms with van der Waals surface area (Å²) in [4.78, 5) is 14.8. The van der Waals surface area contributed by atoms with E-state index in [1.165, 1.54) is 11.0 Å². The highest BCUT2D eigenvalue weighted by Gasteiger charge is 2.35. The Balaban J connectivity index is 1.64. The smallest absolute Gasteiger partial charge is 0.405 e. The van der Waals surface area contributed by atoms with E-state index in [1.54, 1.807) is 12.1 Å². The molecule has 212 valence electrons. The van der Waals surface area contributed by atoms with E-state index in [2.05, 4.69) is 9.47 Å². The fourth-order valence-corrected chi connectivity index (χ4v) is 4.78. The highest BCUT2D eigenvalue weighted by Crippen LogP contribution is 2.38. The van der Waals surface area contributed by atoms with Crippen LogP contribution in [0.3, 0.4) is 0 Å². The van der Waals surface area contributed by atoms with Crippen molar-refractivity contribution in [1.29, 1.82) is 0 Å². The summed E-state index contributed by atoms with van der Waals surface area (Å²) in [5.74, 6) is -3.40. The second-order valence-corrected chi connectivity index (χ2v) is 8.97. The number of alkyl halides is 6. The number of ether oxygens (including phenoxy) is 2. The Bertz CT molecular complexity index is 1350. The first-order chi connectivity index (χ1) is 18.3. The summed E-state index contributed by atoms with van der Waals surface area (Å²) < 4.78 is 114. The number of amides is 1. The second kappa shape index (κ2) is 11.0. The van der Waals surface area contributed by atoms with Gasteiger partial charge in [0.25, 0.3) is 5.91 Å². The van der Waals surface area contributed by atoms with Crippen LogP contribution < -0.4 is 10.5 Å². The SMILES string of the molecule is NCc1ccc(F)c(C2CCN(C(=O)c3cn(CCOC(F)(F)F)c4c(F)ccc(OC(F)(F)F)c34)CC2)c1. The monoisotopic (exact) mass is 565 g/mol. The van der Waals surface area contributed by atoms with Crippen molar-refractivity contribution in [3.63, 3.8) is 0 Å². The largest absolute Gasteiger partial charge is 0.573 e. The Morgan fingerprint density at radius 2 is 1.64 bits per heavy atom. The molecular formula is C25H23F8N3O3. The molecule has 1 saturated heterocycles. The molecule has 0 atom stereocenters. The summed E-state index contributed by atoms with van der Waals surface area (Å²) in [5.41, 5.74) is 5.88. The molecule has 39 heavy (non-hydrogen) atoms. The van der Waals surface area contributed by atoms with E-state index in [1.807, 2.05) is 0 Å².